The zero-order valence-electron chi connectivity index (χ0n) is 12.8. The molecule has 1 N–H and O–H groups in total. The minimum atomic E-state index is 0.146. The minimum Gasteiger partial charge on any atom is -0.468 e. The van der Waals surface area contributed by atoms with Crippen molar-refractivity contribution >= 4 is 0 Å². The van der Waals surface area contributed by atoms with Gasteiger partial charge < -0.3 is 9.73 Å². The van der Waals surface area contributed by atoms with E-state index in [-0.39, 0.29) is 5.54 Å². The molecule has 108 valence electrons. The number of hydrogen-bond acceptors (Lipinski definition) is 3. The van der Waals surface area contributed by atoms with Gasteiger partial charge in [-0.3, -0.25) is 4.90 Å². The lowest BCUT2D eigenvalue weighted by Crippen LogP contribution is -2.37. The van der Waals surface area contributed by atoms with E-state index in [9.17, 15) is 0 Å². The van der Waals surface area contributed by atoms with Crippen LogP contribution in [0.1, 0.15) is 58.3 Å². The SMILES string of the molecule is CC1CCCCN1Cc1occc1CNC(C)(C)C. The maximum Gasteiger partial charge on any atom is 0.122 e. The topological polar surface area (TPSA) is 28.4 Å². The van der Waals surface area contributed by atoms with E-state index in [1.54, 1.807) is 0 Å². The van der Waals surface area contributed by atoms with Crippen molar-refractivity contribution < 1.29 is 4.42 Å². The summed E-state index contributed by atoms with van der Waals surface area (Å²) in [7, 11) is 0. The summed E-state index contributed by atoms with van der Waals surface area (Å²) in [6, 6.07) is 2.78. The molecule has 3 nitrogen and oxygen atoms in total. The average Bonchev–Trinajstić information content (AvgIpc) is 2.76. The smallest absolute Gasteiger partial charge is 0.122 e. The van der Waals surface area contributed by atoms with Gasteiger partial charge >= 0.3 is 0 Å². The van der Waals surface area contributed by atoms with Gasteiger partial charge in [0.15, 0.2) is 0 Å². The highest BCUT2D eigenvalue weighted by molar-refractivity contribution is 5.17. The third-order valence-corrected chi connectivity index (χ3v) is 3.93. The first kappa shape index (κ1) is 14.6. The number of nitrogens with zero attached hydrogens (tertiary/aromatic N) is 1. The highest BCUT2D eigenvalue weighted by Crippen LogP contribution is 2.21. The number of hydrogen-bond donors (Lipinski definition) is 1. The molecule has 1 atom stereocenters. The van der Waals surface area contributed by atoms with E-state index in [0.29, 0.717) is 6.04 Å². The van der Waals surface area contributed by atoms with Crippen LogP contribution in [0.15, 0.2) is 16.7 Å². The first-order valence-electron chi connectivity index (χ1n) is 7.50. The third kappa shape index (κ3) is 4.36. The average molecular weight is 264 g/mol. The number of likely N-dealkylation sites (tertiary alicyclic amines) is 1. The lowest BCUT2D eigenvalue weighted by atomic mass is 10.0. The van der Waals surface area contributed by atoms with E-state index in [1.807, 2.05) is 6.26 Å². The van der Waals surface area contributed by atoms with Gasteiger partial charge in [0.05, 0.1) is 12.8 Å². The van der Waals surface area contributed by atoms with Crippen molar-refractivity contribution in [2.45, 2.75) is 71.6 Å². The quantitative estimate of drug-likeness (QED) is 0.901. The molecule has 3 heteroatoms. The van der Waals surface area contributed by atoms with Crippen molar-refractivity contribution in [3.05, 3.63) is 23.7 Å². The van der Waals surface area contributed by atoms with Crippen molar-refractivity contribution in [2.24, 2.45) is 0 Å². The second kappa shape index (κ2) is 6.10. The molecule has 1 aliphatic rings. The summed E-state index contributed by atoms with van der Waals surface area (Å²) in [6.07, 6.45) is 5.83. The van der Waals surface area contributed by atoms with Crippen LogP contribution in [0.25, 0.3) is 0 Å². The summed E-state index contributed by atoms with van der Waals surface area (Å²) < 4.78 is 5.70. The van der Waals surface area contributed by atoms with Gasteiger partial charge in [-0.2, -0.15) is 0 Å². The monoisotopic (exact) mass is 264 g/mol. The van der Waals surface area contributed by atoms with Gasteiger partial charge in [-0.05, 0) is 53.1 Å². The van der Waals surface area contributed by atoms with E-state index < -0.39 is 0 Å². The van der Waals surface area contributed by atoms with Gasteiger partial charge in [0.25, 0.3) is 0 Å². The van der Waals surface area contributed by atoms with Gasteiger partial charge in [-0.15, -0.1) is 0 Å². The molecule has 1 aliphatic heterocycles. The molecule has 1 aromatic heterocycles. The summed E-state index contributed by atoms with van der Waals surface area (Å²) in [6.45, 7) is 12.0. The van der Waals surface area contributed by atoms with E-state index in [4.69, 9.17) is 4.42 Å². The van der Waals surface area contributed by atoms with Crippen molar-refractivity contribution in [3.63, 3.8) is 0 Å². The lowest BCUT2D eigenvalue weighted by molar-refractivity contribution is 0.141. The van der Waals surface area contributed by atoms with Crippen molar-refractivity contribution in [1.82, 2.24) is 10.2 Å². The van der Waals surface area contributed by atoms with E-state index in [1.165, 1.54) is 31.4 Å². The molecule has 2 heterocycles. The van der Waals surface area contributed by atoms with Crippen LogP contribution < -0.4 is 5.32 Å². The molecule has 0 amide bonds. The number of furan rings is 1. The molecule has 0 bridgehead atoms. The van der Waals surface area contributed by atoms with E-state index in [2.05, 4.69) is 44.0 Å². The molecule has 0 aliphatic carbocycles. The van der Waals surface area contributed by atoms with Crippen LogP contribution in [0.2, 0.25) is 0 Å². The minimum absolute atomic E-state index is 0.146. The van der Waals surface area contributed by atoms with Crippen molar-refractivity contribution in [2.75, 3.05) is 6.54 Å². The molecular formula is C16H28N2O. The summed E-state index contributed by atoms with van der Waals surface area (Å²) >= 11 is 0. The first-order chi connectivity index (χ1) is 8.96. The van der Waals surface area contributed by atoms with Gasteiger partial charge in [0.2, 0.25) is 0 Å². The zero-order valence-corrected chi connectivity index (χ0v) is 12.8. The Kier molecular flexibility index (Phi) is 4.69. The van der Waals surface area contributed by atoms with Crippen LogP contribution in [0.5, 0.6) is 0 Å². The highest BCUT2D eigenvalue weighted by Gasteiger charge is 2.21. The molecule has 2 rings (SSSR count). The normalized spacial score (nSPS) is 21.8. The number of rotatable bonds is 4. The van der Waals surface area contributed by atoms with Gasteiger partial charge in [0.1, 0.15) is 5.76 Å². The van der Waals surface area contributed by atoms with Gasteiger partial charge in [-0.1, -0.05) is 6.42 Å². The molecule has 0 aromatic carbocycles. The molecule has 0 radical (unpaired) electrons. The summed E-state index contributed by atoms with van der Waals surface area (Å²) in [5, 5.41) is 3.53. The zero-order chi connectivity index (χ0) is 13.9. The lowest BCUT2D eigenvalue weighted by Gasteiger charge is -2.32. The second-order valence-corrected chi connectivity index (χ2v) is 6.79. The maximum absolute atomic E-state index is 5.70. The van der Waals surface area contributed by atoms with Crippen molar-refractivity contribution in [3.8, 4) is 0 Å². The fraction of sp³-hybridized carbons (Fsp3) is 0.750. The molecule has 1 saturated heterocycles. The Balaban J connectivity index is 1.95. The Labute approximate surface area is 117 Å². The predicted molar refractivity (Wildman–Crippen MR) is 79.0 cm³/mol. The molecule has 1 fully saturated rings. The van der Waals surface area contributed by atoms with Crippen LogP contribution in [0.3, 0.4) is 0 Å². The standard InChI is InChI=1S/C16H28N2O/c1-13-7-5-6-9-18(13)12-15-14(8-10-19-15)11-17-16(2,3)4/h8,10,13,17H,5-7,9,11-12H2,1-4H3. The molecule has 19 heavy (non-hydrogen) atoms. The molecule has 0 spiro atoms. The van der Waals surface area contributed by atoms with E-state index >= 15 is 0 Å². The molecular weight excluding hydrogens is 236 g/mol. The number of piperidine rings is 1. The molecule has 1 unspecified atom stereocenters. The van der Waals surface area contributed by atoms with Crippen molar-refractivity contribution in [1.29, 1.82) is 0 Å². The molecule has 1 aromatic rings. The van der Waals surface area contributed by atoms with Crippen LogP contribution >= 0.6 is 0 Å². The Morgan fingerprint density at radius 1 is 1.37 bits per heavy atom. The Morgan fingerprint density at radius 2 is 2.16 bits per heavy atom. The Morgan fingerprint density at radius 3 is 2.84 bits per heavy atom. The fourth-order valence-corrected chi connectivity index (χ4v) is 2.60. The van der Waals surface area contributed by atoms with Gasteiger partial charge in [-0.25, -0.2) is 0 Å². The van der Waals surface area contributed by atoms with Crippen LogP contribution in [0, 0.1) is 0 Å². The maximum atomic E-state index is 5.70. The van der Waals surface area contributed by atoms with Crippen LogP contribution in [-0.4, -0.2) is 23.0 Å². The predicted octanol–water partition coefficient (Wildman–Crippen LogP) is 3.54. The Bertz CT molecular complexity index is 392. The van der Waals surface area contributed by atoms with Gasteiger partial charge in [0, 0.05) is 23.7 Å². The largest absolute Gasteiger partial charge is 0.468 e. The number of nitrogens with one attached hydrogen (secondary N) is 1. The van der Waals surface area contributed by atoms with E-state index in [0.717, 1.165) is 18.8 Å². The first-order valence-corrected chi connectivity index (χ1v) is 7.50. The van der Waals surface area contributed by atoms with Crippen LogP contribution in [-0.2, 0) is 13.1 Å². The summed E-state index contributed by atoms with van der Waals surface area (Å²) in [4.78, 5) is 2.54. The highest BCUT2D eigenvalue weighted by atomic mass is 16.3. The van der Waals surface area contributed by atoms with Crippen LogP contribution in [0.4, 0.5) is 0 Å². The second-order valence-electron chi connectivity index (χ2n) is 6.79. The Hall–Kier alpha value is -0.800. The molecule has 0 saturated carbocycles. The summed E-state index contributed by atoms with van der Waals surface area (Å²) in [5.74, 6) is 1.13. The summed E-state index contributed by atoms with van der Waals surface area (Å²) in [5.41, 5.74) is 1.44. The fourth-order valence-electron chi connectivity index (χ4n) is 2.60. The third-order valence-electron chi connectivity index (χ3n) is 3.93.